The number of fused-ring (bicyclic) bond motifs is 2. The minimum Gasteiger partial charge on any atom is -0.504 e. The first-order chi connectivity index (χ1) is 15.2. The summed E-state index contributed by atoms with van der Waals surface area (Å²) < 4.78 is 11.8. The summed E-state index contributed by atoms with van der Waals surface area (Å²) in [7, 11) is 1.67. The molecule has 2 aliphatic rings. The minimum atomic E-state index is 0.119. The number of piperazine rings is 1. The molecule has 2 aliphatic heterocycles. The van der Waals surface area contributed by atoms with E-state index in [-0.39, 0.29) is 5.75 Å². The highest BCUT2D eigenvalue weighted by molar-refractivity contribution is 5.95. The van der Waals surface area contributed by atoms with E-state index in [2.05, 4.69) is 20.4 Å². The molecule has 3 heterocycles. The van der Waals surface area contributed by atoms with Crippen LogP contribution in [0.15, 0.2) is 51.0 Å². The van der Waals surface area contributed by atoms with Gasteiger partial charge in [0.15, 0.2) is 11.5 Å². The van der Waals surface area contributed by atoms with Crippen LogP contribution in [0.4, 0.5) is 5.69 Å². The van der Waals surface area contributed by atoms with Crippen LogP contribution in [0.5, 0.6) is 11.5 Å². The van der Waals surface area contributed by atoms with Crippen molar-refractivity contribution in [2.75, 3.05) is 39.8 Å². The minimum absolute atomic E-state index is 0.119. The van der Waals surface area contributed by atoms with E-state index in [1.54, 1.807) is 13.2 Å². The van der Waals surface area contributed by atoms with Crippen molar-refractivity contribution in [2.24, 2.45) is 10.2 Å². The molecule has 3 aromatic rings. The Kier molecular flexibility index (Phi) is 5.44. The van der Waals surface area contributed by atoms with Crippen LogP contribution in [0.3, 0.4) is 0 Å². The van der Waals surface area contributed by atoms with E-state index in [0.29, 0.717) is 22.4 Å². The first-order valence-electron chi connectivity index (χ1n) is 10.7. The summed E-state index contributed by atoms with van der Waals surface area (Å²) in [5.74, 6) is 1.29. The van der Waals surface area contributed by atoms with Crippen LogP contribution in [0.1, 0.15) is 23.3 Å². The molecular weight excluding hydrogens is 392 g/mol. The number of nitrogens with one attached hydrogen (secondary N) is 1. The van der Waals surface area contributed by atoms with Crippen molar-refractivity contribution >= 4 is 28.4 Å². The SMILES string of the molecule is COc1ccc2c(O)c(C=C3N=Nc4ccccc43)oc2c1CCCN1CCNCC1. The molecule has 0 aliphatic carbocycles. The highest BCUT2D eigenvalue weighted by atomic mass is 16.5. The van der Waals surface area contributed by atoms with E-state index in [9.17, 15) is 5.11 Å². The predicted molar refractivity (Wildman–Crippen MR) is 121 cm³/mol. The zero-order chi connectivity index (χ0) is 21.2. The van der Waals surface area contributed by atoms with E-state index in [1.165, 1.54) is 0 Å². The van der Waals surface area contributed by atoms with Crippen molar-refractivity contribution < 1.29 is 14.3 Å². The largest absolute Gasteiger partial charge is 0.504 e. The van der Waals surface area contributed by atoms with Gasteiger partial charge in [-0.15, -0.1) is 10.2 Å². The number of aromatic hydroxyl groups is 1. The van der Waals surface area contributed by atoms with E-state index < -0.39 is 0 Å². The van der Waals surface area contributed by atoms with Crippen LogP contribution in [-0.2, 0) is 6.42 Å². The van der Waals surface area contributed by atoms with Gasteiger partial charge in [-0.25, -0.2) is 0 Å². The van der Waals surface area contributed by atoms with Gasteiger partial charge in [0.05, 0.1) is 23.9 Å². The van der Waals surface area contributed by atoms with Crippen molar-refractivity contribution in [3.8, 4) is 11.5 Å². The van der Waals surface area contributed by atoms with Crippen LogP contribution in [-0.4, -0.2) is 49.8 Å². The molecule has 1 fully saturated rings. The fourth-order valence-corrected chi connectivity index (χ4v) is 4.31. The molecular formula is C24H26N4O3. The molecule has 0 saturated carbocycles. The van der Waals surface area contributed by atoms with Gasteiger partial charge in [-0.1, -0.05) is 18.2 Å². The second-order valence-corrected chi connectivity index (χ2v) is 7.88. The van der Waals surface area contributed by atoms with Crippen molar-refractivity contribution in [3.63, 3.8) is 0 Å². The third kappa shape index (κ3) is 3.82. The first kappa shape index (κ1) is 19.8. The average Bonchev–Trinajstić information content (AvgIpc) is 3.36. The maximum absolute atomic E-state index is 10.8. The third-order valence-electron chi connectivity index (χ3n) is 5.96. The second-order valence-electron chi connectivity index (χ2n) is 7.88. The zero-order valence-electron chi connectivity index (χ0n) is 17.6. The lowest BCUT2D eigenvalue weighted by Crippen LogP contribution is -2.43. The van der Waals surface area contributed by atoms with Crippen molar-refractivity contribution in [1.29, 1.82) is 0 Å². The highest BCUT2D eigenvalue weighted by Gasteiger charge is 2.21. The van der Waals surface area contributed by atoms with Crippen LogP contribution in [0, 0.1) is 0 Å². The summed E-state index contributed by atoms with van der Waals surface area (Å²) >= 11 is 0. The van der Waals surface area contributed by atoms with Gasteiger partial charge in [-0.2, -0.15) is 0 Å². The molecule has 0 unspecified atom stereocenters. The number of nitrogens with zero attached hydrogens (tertiary/aromatic N) is 3. The molecule has 0 bridgehead atoms. The number of hydrogen-bond donors (Lipinski definition) is 2. The molecule has 2 aromatic carbocycles. The molecule has 31 heavy (non-hydrogen) atoms. The maximum atomic E-state index is 10.8. The number of hydrogen-bond acceptors (Lipinski definition) is 7. The molecule has 0 atom stereocenters. The molecule has 7 nitrogen and oxygen atoms in total. The second kappa shape index (κ2) is 8.53. The molecule has 160 valence electrons. The lowest BCUT2D eigenvalue weighted by molar-refractivity contribution is 0.238. The van der Waals surface area contributed by atoms with Crippen LogP contribution in [0.2, 0.25) is 0 Å². The Morgan fingerprint density at radius 1 is 1.16 bits per heavy atom. The predicted octanol–water partition coefficient (Wildman–Crippen LogP) is 4.58. The van der Waals surface area contributed by atoms with E-state index in [0.717, 1.165) is 68.1 Å². The van der Waals surface area contributed by atoms with Crippen molar-refractivity contribution in [1.82, 2.24) is 10.2 Å². The highest BCUT2D eigenvalue weighted by Crippen LogP contribution is 2.42. The van der Waals surface area contributed by atoms with Crippen LogP contribution >= 0.6 is 0 Å². The fraction of sp³-hybridized carbons (Fsp3) is 0.333. The zero-order valence-corrected chi connectivity index (χ0v) is 17.6. The van der Waals surface area contributed by atoms with Gasteiger partial charge < -0.3 is 24.5 Å². The van der Waals surface area contributed by atoms with E-state index >= 15 is 0 Å². The number of methoxy groups -OCH3 is 1. The number of furan rings is 1. The molecule has 0 radical (unpaired) electrons. The summed E-state index contributed by atoms with van der Waals surface area (Å²) in [6.07, 6.45) is 3.56. The van der Waals surface area contributed by atoms with Crippen molar-refractivity contribution in [2.45, 2.75) is 12.8 Å². The average molecular weight is 418 g/mol. The maximum Gasteiger partial charge on any atom is 0.172 e. The Hall–Kier alpha value is -3.16. The Balaban J connectivity index is 1.45. The quantitative estimate of drug-likeness (QED) is 0.612. The molecule has 0 amide bonds. The molecule has 1 saturated heterocycles. The summed E-state index contributed by atoms with van der Waals surface area (Å²) in [6.45, 7) is 5.28. The van der Waals surface area contributed by atoms with Gasteiger partial charge in [0.2, 0.25) is 0 Å². The number of aryl methyl sites for hydroxylation is 1. The van der Waals surface area contributed by atoms with Gasteiger partial charge in [0.1, 0.15) is 11.3 Å². The Labute approximate surface area is 181 Å². The Morgan fingerprint density at radius 2 is 2.00 bits per heavy atom. The standard InChI is InChI=1S/C24H26N4O3/c1-30-21-9-8-18-23(29)22(15-20-16-5-2-3-7-19(16)26-27-20)31-24(18)17(21)6-4-12-28-13-10-25-11-14-28/h2-3,5,7-9,15,25,29H,4,6,10-14H2,1H3. The van der Waals surface area contributed by atoms with E-state index in [4.69, 9.17) is 9.15 Å². The van der Waals surface area contributed by atoms with Gasteiger partial charge in [0.25, 0.3) is 0 Å². The smallest absolute Gasteiger partial charge is 0.172 e. The molecule has 7 heteroatoms. The van der Waals surface area contributed by atoms with Gasteiger partial charge in [-0.05, 0) is 37.6 Å². The lowest BCUT2D eigenvalue weighted by atomic mass is 10.0. The molecule has 0 spiro atoms. The summed E-state index contributed by atoms with van der Waals surface area (Å²) in [5.41, 5.74) is 4.09. The van der Waals surface area contributed by atoms with Crippen LogP contribution in [0.25, 0.3) is 22.7 Å². The monoisotopic (exact) mass is 418 g/mol. The number of rotatable bonds is 6. The van der Waals surface area contributed by atoms with Crippen molar-refractivity contribution in [3.05, 3.63) is 53.3 Å². The summed E-state index contributed by atoms with van der Waals surface area (Å²) in [6, 6.07) is 11.5. The molecule has 5 rings (SSSR count). The summed E-state index contributed by atoms with van der Waals surface area (Å²) in [4.78, 5) is 2.47. The van der Waals surface area contributed by atoms with Gasteiger partial charge in [0, 0.05) is 43.4 Å². The molecule has 1 aromatic heterocycles. The first-order valence-corrected chi connectivity index (χ1v) is 10.7. The third-order valence-corrected chi connectivity index (χ3v) is 5.96. The fourth-order valence-electron chi connectivity index (χ4n) is 4.31. The Morgan fingerprint density at radius 3 is 2.84 bits per heavy atom. The number of ether oxygens (including phenoxy) is 1. The normalized spacial score (nSPS) is 17.5. The van der Waals surface area contributed by atoms with Gasteiger partial charge in [-0.3, -0.25) is 0 Å². The summed E-state index contributed by atoms with van der Waals surface area (Å²) in [5, 5.41) is 23.4. The molecule has 2 N–H and O–H groups in total. The number of benzene rings is 2. The van der Waals surface area contributed by atoms with E-state index in [1.807, 2.05) is 36.4 Å². The van der Waals surface area contributed by atoms with Gasteiger partial charge >= 0.3 is 0 Å². The van der Waals surface area contributed by atoms with Crippen LogP contribution < -0.4 is 10.1 Å². The lowest BCUT2D eigenvalue weighted by Gasteiger charge is -2.27. The Bertz CT molecular complexity index is 1160. The number of azo groups is 1. The topological polar surface area (TPSA) is 82.6 Å².